The van der Waals surface area contributed by atoms with Gasteiger partial charge in [0, 0.05) is 42.7 Å². The van der Waals surface area contributed by atoms with Gasteiger partial charge < -0.3 is 0 Å². The first-order chi connectivity index (χ1) is 11.5. The molecule has 0 saturated carbocycles. The fraction of sp³-hybridized carbons (Fsp3) is 0.333. The molecule has 128 valence electrons. The smallest absolute Gasteiger partial charge is 0.274 e. The summed E-state index contributed by atoms with van der Waals surface area (Å²) < 4.78 is 14.2. The van der Waals surface area contributed by atoms with Crippen molar-refractivity contribution in [2.24, 2.45) is 0 Å². The Kier molecular flexibility index (Phi) is 6.40. The zero-order valence-electron chi connectivity index (χ0n) is 13.9. The van der Waals surface area contributed by atoms with Gasteiger partial charge in [0.15, 0.2) is 0 Å². The van der Waals surface area contributed by atoms with E-state index in [1.807, 2.05) is 18.3 Å². The molecule has 0 aliphatic heterocycles. The number of hydrogen-bond donors (Lipinski definition) is 2. The van der Waals surface area contributed by atoms with Gasteiger partial charge in [-0.2, -0.15) is 0 Å². The third kappa shape index (κ3) is 4.84. The monoisotopic (exact) mass is 331 g/mol. The minimum atomic E-state index is -0.724. The molecule has 24 heavy (non-hydrogen) atoms. The van der Waals surface area contributed by atoms with Gasteiger partial charge in [-0.1, -0.05) is 12.1 Å². The number of amides is 1. The molecule has 1 amide bonds. The van der Waals surface area contributed by atoms with Gasteiger partial charge in [0.1, 0.15) is 5.82 Å². The van der Waals surface area contributed by atoms with E-state index in [1.54, 1.807) is 12.3 Å². The highest BCUT2D eigenvalue weighted by molar-refractivity contribution is 5.93. The molecule has 0 unspecified atom stereocenters. The van der Waals surface area contributed by atoms with E-state index in [2.05, 4.69) is 23.7 Å². The Labute approximate surface area is 141 Å². The Morgan fingerprint density at radius 3 is 2.75 bits per heavy atom. The van der Waals surface area contributed by atoms with E-state index in [0.717, 1.165) is 24.6 Å². The Hall–Kier alpha value is -2.31. The third-order valence-corrected chi connectivity index (χ3v) is 3.93. The van der Waals surface area contributed by atoms with Gasteiger partial charge in [-0.05, 0) is 44.0 Å². The lowest BCUT2D eigenvalue weighted by Gasteiger charge is -2.26. The molecule has 0 aliphatic rings. The fourth-order valence-electron chi connectivity index (χ4n) is 2.44. The molecular formula is C18H22FN3O2. The van der Waals surface area contributed by atoms with E-state index in [1.165, 1.54) is 11.5 Å². The van der Waals surface area contributed by atoms with E-state index in [9.17, 15) is 9.18 Å². The Morgan fingerprint density at radius 1 is 1.38 bits per heavy atom. The number of hydroxylamine groups is 1. The van der Waals surface area contributed by atoms with Crippen LogP contribution in [0.15, 0.2) is 42.7 Å². The average molecular weight is 331 g/mol. The second-order valence-electron chi connectivity index (χ2n) is 5.92. The maximum absolute atomic E-state index is 14.2. The lowest BCUT2D eigenvalue weighted by Crippen LogP contribution is -2.32. The number of carbonyl (C=O) groups is 1. The van der Waals surface area contributed by atoms with E-state index in [0.29, 0.717) is 12.1 Å². The van der Waals surface area contributed by atoms with Crippen LogP contribution in [0.25, 0.3) is 0 Å². The number of aromatic nitrogens is 1. The van der Waals surface area contributed by atoms with Crippen molar-refractivity contribution < 1.29 is 14.4 Å². The quantitative estimate of drug-likeness (QED) is 0.605. The van der Waals surface area contributed by atoms with Gasteiger partial charge in [0.2, 0.25) is 0 Å². The average Bonchev–Trinajstić information content (AvgIpc) is 2.59. The molecule has 0 atom stereocenters. The van der Waals surface area contributed by atoms with Crippen LogP contribution in [0, 0.1) is 5.82 Å². The van der Waals surface area contributed by atoms with Crippen LogP contribution in [-0.2, 0) is 13.0 Å². The van der Waals surface area contributed by atoms with Gasteiger partial charge in [0.25, 0.3) is 5.91 Å². The molecule has 2 N–H and O–H groups in total. The number of rotatable bonds is 7. The molecular weight excluding hydrogens is 309 g/mol. The first-order valence-corrected chi connectivity index (χ1v) is 7.87. The Morgan fingerprint density at radius 2 is 2.17 bits per heavy atom. The van der Waals surface area contributed by atoms with Gasteiger partial charge in [0.05, 0.1) is 0 Å². The van der Waals surface area contributed by atoms with Crippen molar-refractivity contribution in [2.75, 3.05) is 6.54 Å². The Bertz CT molecular complexity index is 677. The second kappa shape index (κ2) is 8.52. The summed E-state index contributed by atoms with van der Waals surface area (Å²) in [5, 5.41) is 8.61. The molecule has 6 heteroatoms. The number of benzene rings is 1. The van der Waals surface area contributed by atoms with E-state index >= 15 is 0 Å². The first kappa shape index (κ1) is 18.0. The minimum absolute atomic E-state index is 0.0882. The molecule has 0 spiro atoms. The molecule has 1 aromatic heterocycles. The van der Waals surface area contributed by atoms with Crippen LogP contribution in [0.3, 0.4) is 0 Å². The van der Waals surface area contributed by atoms with Crippen LogP contribution in [0.2, 0.25) is 0 Å². The number of hydrogen-bond acceptors (Lipinski definition) is 4. The summed E-state index contributed by atoms with van der Waals surface area (Å²) in [6.07, 6.45) is 4.41. The van der Waals surface area contributed by atoms with Crippen molar-refractivity contribution >= 4 is 5.91 Å². The molecule has 5 nitrogen and oxygen atoms in total. The number of pyridine rings is 1. The zero-order chi connectivity index (χ0) is 17.5. The summed E-state index contributed by atoms with van der Waals surface area (Å²) in [6.45, 7) is 5.36. The predicted octanol–water partition coefficient (Wildman–Crippen LogP) is 2.79. The summed E-state index contributed by atoms with van der Waals surface area (Å²) in [5.74, 6) is -1.18. The second-order valence-corrected chi connectivity index (χ2v) is 5.92. The van der Waals surface area contributed by atoms with E-state index < -0.39 is 11.7 Å². The van der Waals surface area contributed by atoms with E-state index in [4.69, 9.17) is 5.21 Å². The van der Waals surface area contributed by atoms with Crippen molar-refractivity contribution in [3.8, 4) is 0 Å². The van der Waals surface area contributed by atoms with Crippen LogP contribution in [-0.4, -0.2) is 33.6 Å². The van der Waals surface area contributed by atoms with E-state index in [-0.39, 0.29) is 11.6 Å². The van der Waals surface area contributed by atoms with Gasteiger partial charge in [-0.3, -0.25) is 19.9 Å². The summed E-state index contributed by atoms with van der Waals surface area (Å²) in [7, 11) is 0. The predicted molar refractivity (Wildman–Crippen MR) is 89.1 cm³/mol. The largest absolute Gasteiger partial charge is 0.296 e. The summed E-state index contributed by atoms with van der Waals surface area (Å²) >= 11 is 0. The number of nitrogens with one attached hydrogen (secondary N) is 1. The lowest BCUT2D eigenvalue weighted by atomic mass is 10.1. The van der Waals surface area contributed by atoms with Crippen LogP contribution >= 0.6 is 0 Å². The molecule has 0 aliphatic carbocycles. The molecule has 0 bridgehead atoms. The highest BCUT2D eigenvalue weighted by atomic mass is 19.1. The van der Waals surface area contributed by atoms with Crippen molar-refractivity contribution in [2.45, 2.75) is 32.9 Å². The van der Waals surface area contributed by atoms with Crippen molar-refractivity contribution in [1.82, 2.24) is 15.4 Å². The van der Waals surface area contributed by atoms with Crippen molar-refractivity contribution in [1.29, 1.82) is 0 Å². The van der Waals surface area contributed by atoms with Crippen molar-refractivity contribution in [3.05, 3.63) is 65.2 Å². The topological polar surface area (TPSA) is 65.5 Å². The highest BCUT2D eigenvalue weighted by Crippen LogP contribution is 2.15. The number of halogens is 1. The highest BCUT2D eigenvalue weighted by Gasteiger charge is 2.15. The maximum Gasteiger partial charge on any atom is 0.274 e. The number of nitrogens with zero attached hydrogens (tertiary/aromatic N) is 2. The molecule has 2 aromatic rings. The van der Waals surface area contributed by atoms with Crippen LogP contribution in [0.1, 0.15) is 35.3 Å². The SMILES string of the molecule is CC(C)N(CCc1cccnc1)Cc1ccc(C(=O)NO)cc1F. The molecule has 2 rings (SSSR count). The normalized spacial score (nSPS) is 11.1. The maximum atomic E-state index is 14.2. The van der Waals surface area contributed by atoms with Gasteiger partial charge in [-0.25, -0.2) is 9.87 Å². The summed E-state index contributed by atoms with van der Waals surface area (Å²) in [6, 6.07) is 8.40. The molecule has 1 aromatic carbocycles. The molecule has 0 fully saturated rings. The van der Waals surface area contributed by atoms with Gasteiger partial charge >= 0.3 is 0 Å². The first-order valence-electron chi connectivity index (χ1n) is 7.87. The molecule has 1 heterocycles. The van der Waals surface area contributed by atoms with Crippen molar-refractivity contribution in [3.63, 3.8) is 0 Å². The molecule has 0 saturated heterocycles. The zero-order valence-corrected chi connectivity index (χ0v) is 13.9. The van der Waals surface area contributed by atoms with Crippen LogP contribution < -0.4 is 5.48 Å². The third-order valence-electron chi connectivity index (χ3n) is 3.93. The molecule has 0 radical (unpaired) electrons. The minimum Gasteiger partial charge on any atom is -0.296 e. The lowest BCUT2D eigenvalue weighted by molar-refractivity contribution is 0.0706. The number of carbonyl (C=O) groups excluding carboxylic acids is 1. The van der Waals surface area contributed by atoms with Gasteiger partial charge in [-0.15, -0.1) is 0 Å². The Balaban J connectivity index is 2.06. The summed E-state index contributed by atoms with van der Waals surface area (Å²) in [5.41, 5.74) is 3.25. The standard InChI is InChI=1S/C18H22FN3O2/c1-13(2)22(9-7-14-4-3-8-20-11-14)12-16-6-5-15(10-17(16)19)18(23)21-24/h3-6,8,10-11,13,24H,7,9,12H2,1-2H3,(H,21,23). The van der Waals surface area contributed by atoms with Crippen LogP contribution in [0.4, 0.5) is 4.39 Å². The summed E-state index contributed by atoms with van der Waals surface area (Å²) in [4.78, 5) is 17.6. The fourth-order valence-corrected chi connectivity index (χ4v) is 2.44. The van der Waals surface area contributed by atoms with Crippen LogP contribution in [0.5, 0.6) is 0 Å².